The Hall–Kier alpha value is -4.13. The molecule has 2 atom stereocenters. The maximum absolute atomic E-state index is 14.3. The second-order valence-corrected chi connectivity index (χ2v) is 12.7. The topological polar surface area (TPSA) is 99.7 Å². The van der Waals surface area contributed by atoms with Gasteiger partial charge >= 0.3 is 6.18 Å². The molecule has 0 aliphatic heterocycles. The van der Waals surface area contributed by atoms with Crippen LogP contribution in [0.4, 0.5) is 17.6 Å². The van der Waals surface area contributed by atoms with Crippen molar-refractivity contribution in [3.63, 3.8) is 0 Å². The molecule has 1 saturated carbocycles. The molecule has 0 spiro atoms. The lowest BCUT2D eigenvalue weighted by Gasteiger charge is -2.43. The number of carbonyl (C=O) groups excluding carboxylic acids is 1. The minimum Gasteiger partial charge on any atom is -0.291 e. The number of Topliss-reactive ketones (excluding diaryl/α,β-unsaturated/α-hetero) is 1. The number of benzene rings is 1. The number of aryl methyl sites for hydroxylation is 1. The van der Waals surface area contributed by atoms with Crippen LogP contribution in [0.15, 0.2) is 71.7 Å². The molecule has 2 aliphatic carbocycles. The van der Waals surface area contributed by atoms with Crippen LogP contribution in [0.1, 0.15) is 53.5 Å². The molecule has 42 heavy (non-hydrogen) atoms. The monoisotopic (exact) mass is 599 g/mol. The third-order valence-electron chi connectivity index (χ3n) is 8.11. The van der Waals surface area contributed by atoms with Gasteiger partial charge in [-0.25, -0.2) is 17.5 Å². The molecule has 0 unspecified atom stereocenters. The molecule has 13 heteroatoms. The van der Waals surface area contributed by atoms with Crippen LogP contribution in [-0.2, 0) is 29.0 Å². The first-order valence-corrected chi connectivity index (χ1v) is 14.9. The van der Waals surface area contributed by atoms with Crippen LogP contribution in [0.5, 0.6) is 0 Å². The van der Waals surface area contributed by atoms with Crippen molar-refractivity contribution in [2.24, 2.45) is 5.41 Å². The number of ketones is 1. The Balaban J connectivity index is 1.46. The van der Waals surface area contributed by atoms with Gasteiger partial charge in [-0.05, 0) is 86.7 Å². The third kappa shape index (κ3) is 4.65. The first-order chi connectivity index (χ1) is 19.9. The molecular formula is C29H25F4N5O3S. The van der Waals surface area contributed by atoms with E-state index in [1.54, 1.807) is 35.3 Å². The molecule has 0 saturated heterocycles. The van der Waals surface area contributed by atoms with E-state index < -0.39 is 49.5 Å². The third-order valence-corrected chi connectivity index (χ3v) is 10.2. The molecule has 1 fully saturated rings. The molecule has 3 aromatic heterocycles. The summed E-state index contributed by atoms with van der Waals surface area (Å²) in [6.07, 6.45) is 1.36. The second-order valence-electron chi connectivity index (χ2n) is 10.5. The SMILES string of the molecule is CCn1ccc(S(=O)(=O)[C@H]2CCC3=Cc4c(cnn4-c4ccc(F)cc4)C[C@]3(C(=O)c3cc(C(F)(F)F)ccn3)C2)n1. The van der Waals surface area contributed by atoms with Gasteiger partial charge in [0.2, 0.25) is 0 Å². The molecule has 1 aromatic carbocycles. The fourth-order valence-corrected chi connectivity index (χ4v) is 7.68. The highest BCUT2D eigenvalue weighted by molar-refractivity contribution is 7.92. The van der Waals surface area contributed by atoms with Crippen molar-refractivity contribution in [2.45, 2.75) is 55.6 Å². The van der Waals surface area contributed by atoms with Crippen molar-refractivity contribution >= 4 is 21.7 Å². The van der Waals surface area contributed by atoms with Gasteiger partial charge in [0.25, 0.3) is 0 Å². The number of hydrogen-bond acceptors (Lipinski definition) is 6. The predicted molar refractivity (Wildman–Crippen MR) is 144 cm³/mol. The minimum absolute atomic E-state index is 0.0154. The lowest BCUT2D eigenvalue weighted by molar-refractivity contribution is -0.137. The van der Waals surface area contributed by atoms with Crippen molar-refractivity contribution in [3.8, 4) is 5.69 Å². The van der Waals surface area contributed by atoms with Gasteiger partial charge in [-0.2, -0.15) is 23.4 Å². The lowest BCUT2D eigenvalue weighted by atomic mass is 9.61. The maximum Gasteiger partial charge on any atom is 0.416 e. The van der Waals surface area contributed by atoms with Crippen LogP contribution >= 0.6 is 0 Å². The molecule has 0 N–H and O–H groups in total. The molecule has 3 heterocycles. The Bertz CT molecular complexity index is 1830. The van der Waals surface area contributed by atoms with E-state index >= 15 is 0 Å². The summed E-state index contributed by atoms with van der Waals surface area (Å²) in [7, 11) is -3.97. The molecule has 218 valence electrons. The minimum atomic E-state index is -4.69. The first kappa shape index (κ1) is 28.0. The summed E-state index contributed by atoms with van der Waals surface area (Å²) in [5, 5.41) is 7.50. The van der Waals surface area contributed by atoms with Gasteiger partial charge in [0.15, 0.2) is 20.6 Å². The molecule has 0 radical (unpaired) electrons. The van der Waals surface area contributed by atoms with Gasteiger partial charge < -0.3 is 0 Å². The summed E-state index contributed by atoms with van der Waals surface area (Å²) in [6, 6.07) is 8.62. The molecule has 2 aliphatic rings. The van der Waals surface area contributed by atoms with E-state index in [2.05, 4.69) is 15.2 Å². The van der Waals surface area contributed by atoms with Crippen LogP contribution in [0.25, 0.3) is 11.8 Å². The zero-order chi connectivity index (χ0) is 29.9. The van der Waals surface area contributed by atoms with Gasteiger partial charge in [-0.3, -0.25) is 14.5 Å². The number of alkyl halides is 3. The Morgan fingerprint density at radius 2 is 1.90 bits per heavy atom. The molecule has 4 aromatic rings. The maximum atomic E-state index is 14.3. The van der Waals surface area contributed by atoms with Crippen LogP contribution in [0, 0.1) is 11.2 Å². The largest absolute Gasteiger partial charge is 0.416 e. The highest BCUT2D eigenvalue weighted by Crippen LogP contribution is 2.52. The van der Waals surface area contributed by atoms with E-state index in [1.165, 1.54) is 22.9 Å². The number of nitrogens with zero attached hydrogens (tertiary/aromatic N) is 5. The molecule has 8 nitrogen and oxygen atoms in total. The standard InChI is InChI=1S/C29H25F4N5O3S/c1-2-37-12-10-26(36-37)42(40,41)23-8-3-19-14-25-18(17-35-38(25)22-6-4-21(30)5-7-22)15-28(19,16-23)27(39)24-13-20(9-11-34-24)29(31,32)33/h4-7,9-14,17,23H,2-3,8,15-16H2,1H3/t23-,28-/m0/s1. The zero-order valence-corrected chi connectivity index (χ0v) is 23.2. The summed E-state index contributed by atoms with van der Waals surface area (Å²) in [5.74, 6) is -1.10. The fourth-order valence-electron chi connectivity index (χ4n) is 5.94. The Morgan fingerprint density at radius 3 is 2.60 bits per heavy atom. The number of pyridine rings is 1. The summed E-state index contributed by atoms with van der Waals surface area (Å²) in [5.41, 5.74) is -0.461. The van der Waals surface area contributed by atoms with Crippen LogP contribution in [-0.4, -0.2) is 44.0 Å². The van der Waals surface area contributed by atoms with Gasteiger partial charge in [0.05, 0.1) is 33.8 Å². The van der Waals surface area contributed by atoms with Crippen LogP contribution < -0.4 is 0 Å². The molecule has 6 rings (SSSR count). The van der Waals surface area contributed by atoms with Crippen LogP contribution in [0.3, 0.4) is 0 Å². The van der Waals surface area contributed by atoms with Crippen molar-refractivity contribution in [1.29, 1.82) is 0 Å². The fraction of sp³-hybridized carbons (Fsp3) is 0.310. The second kappa shape index (κ2) is 10.0. The van der Waals surface area contributed by atoms with E-state index in [1.807, 2.05) is 6.92 Å². The van der Waals surface area contributed by atoms with Gasteiger partial charge in [0, 0.05) is 18.9 Å². The average molecular weight is 600 g/mol. The zero-order valence-electron chi connectivity index (χ0n) is 22.3. The van der Waals surface area contributed by atoms with E-state index in [-0.39, 0.29) is 30.7 Å². The Labute approximate surface area is 238 Å². The van der Waals surface area contributed by atoms with Crippen LogP contribution in [0.2, 0.25) is 0 Å². The summed E-state index contributed by atoms with van der Waals surface area (Å²) < 4.78 is 84.8. The van der Waals surface area contributed by atoms with E-state index in [0.29, 0.717) is 35.1 Å². The van der Waals surface area contributed by atoms with Crippen molar-refractivity contribution in [3.05, 3.63) is 95.0 Å². The summed E-state index contributed by atoms with van der Waals surface area (Å²) in [6.45, 7) is 2.29. The molecular weight excluding hydrogens is 574 g/mol. The van der Waals surface area contributed by atoms with Crippen molar-refractivity contribution in [1.82, 2.24) is 24.5 Å². The Kier molecular flexibility index (Phi) is 6.67. The highest BCUT2D eigenvalue weighted by atomic mass is 32.2. The van der Waals surface area contributed by atoms with Gasteiger partial charge in [0.1, 0.15) is 11.5 Å². The smallest absolute Gasteiger partial charge is 0.291 e. The first-order valence-electron chi connectivity index (χ1n) is 13.3. The quantitative estimate of drug-likeness (QED) is 0.215. The van der Waals surface area contributed by atoms with E-state index in [4.69, 9.17) is 0 Å². The number of sulfone groups is 1. The highest BCUT2D eigenvalue weighted by Gasteiger charge is 2.52. The average Bonchev–Trinajstić information content (AvgIpc) is 3.63. The summed E-state index contributed by atoms with van der Waals surface area (Å²) >= 11 is 0. The Morgan fingerprint density at radius 1 is 1.14 bits per heavy atom. The summed E-state index contributed by atoms with van der Waals surface area (Å²) in [4.78, 5) is 18.3. The lowest BCUT2D eigenvalue weighted by Crippen LogP contribution is -2.46. The number of halogens is 4. The van der Waals surface area contributed by atoms with Gasteiger partial charge in [-0.1, -0.05) is 5.57 Å². The number of fused-ring (bicyclic) bond motifs is 2. The van der Waals surface area contributed by atoms with Gasteiger partial charge in [-0.15, -0.1) is 0 Å². The number of rotatable bonds is 6. The number of allylic oxidation sites excluding steroid dienone is 1. The molecule has 0 bridgehead atoms. The number of aromatic nitrogens is 5. The number of hydrogen-bond donors (Lipinski definition) is 0. The molecule has 0 amide bonds. The van der Waals surface area contributed by atoms with Crippen molar-refractivity contribution in [2.75, 3.05) is 0 Å². The van der Waals surface area contributed by atoms with E-state index in [9.17, 15) is 30.8 Å². The normalized spacial score (nSPS) is 20.5. The predicted octanol–water partition coefficient (Wildman–Crippen LogP) is 5.48. The van der Waals surface area contributed by atoms with Crippen molar-refractivity contribution < 1.29 is 30.8 Å². The van der Waals surface area contributed by atoms with E-state index in [0.717, 1.165) is 12.3 Å². The number of carbonyl (C=O) groups is 1.